The van der Waals surface area contributed by atoms with Crippen molar-refractivity contribution >= 4 is 11.9 Å². The van der Waals surface area contributed by atoms with Crippen molar-refractivity contribution in [2.75, 3.05) is 13.1 Å². The molecule has 0 radical (unpaired) electrons. The van der Waals surface area contributed by atoms with Crippen LogP contribution in [0.4, 0.5) is 0 Å². The smallest absolute Gasteiger partial charge is 0.337 e. The molecule has 7 heteroatoms. The standard InChI is InChI=1S/C20H24N4O3/c1-20(2,3)19(27)24-7-4-13(12-24)8-16-17(23-6-5-22-16)14-9-15(18(25)26)11-21-10-14/h5-6,9-11,13H,4,7-8,12H2,1-3H3,(H,25,26). The average molecular weight is 368 g/mol. The minimum Gasteiger partial charge on any atom is -0.478 e. The number of aromatic nitrogens is 3. The van der Waals surface area contributed by atoms with Crippen LogP contribution in [-0.2, 0) is 11.2 Å². The van der Waals surface area contributed by atoms with E-state index in [4.69, 9.17) is 0 Å². The van der Waals surface area contributed by atoms with Gasteiger partial charge in [0.05, 0.1) is 17.0 Å². The van der Waals surface area contributed by atoms with E-state index in [-0.39, 0.29) is 16.9 Å². The highest BCUT2D eigenvalue weighted by Crippen LogP contribution is 2.28. The van der Waals surface area contributed by atoms with Gasteiger partial charge in [-0.3, -0.25) is 19.7 Å². The normalized spacial score (nSPS) is 17.1. The van der Waals surface area contributed by atoms with Crippen molar-refractivity contribution in [2.24, 2.45) is 11.3 Å². The van der Waals surface area contributed by atoms with Crippen molar-refractivity contribution in [1.29, 1.82) is 0 Å². The molecule has 7 nitrogen and oxygen atoms in total. The van der Waals surface area contributed by atoms with Gasteiger partial charge < -0.3 is 10.0 Å². The SMILES string of the molecule is CC(C)(C)C(=O)N1CCC(Cc2nccnc2-c2cncc(C(=O)O)c2)C1. The minimum atomic E-state index is -1.03. The van der Waals surface area contributed by atoms with Gasteiger partial charge in [0.1, 0.15) is 0 Å². The number of carboxylic acids is 1. The fourth-order valence-electron chi connectivity index (χ4n) is 3.38. The quantitative estimate of drug-likeness (QED) is 0.891. The topological polar surface area (TPSA) is 96.3 Å². The monoisotopic (exact) mass is 368 g/mol. The molecule has 3 rings (SSSR count). The summed E-state index contributed by atoms with van der Waals surface area (Å²) in [7, 11) is 0. The van der Waals surface area contributed by atoms with Gasteiger partial charge in [-0.05, 0) is 24.8 Å². The summed E-state index contributed by atoms with van der Waals surface area (Å²) in [6, 6.07) is 1.56. The summed E-state index contributed by atoms with van der Waals surface area (Å²) in [6.07, 6.45) is 7.76. The molecule has 0 bridgehead atoms. The Morgan fingerprint density at radius 2 is 1.96 bits per heavy atom. The molecule has 1 aliphatic rings. The number of carboxylic acid groups (broad SMARTS) is 1. The number of amides is 1. The fraction of sp³-hybridized carbons (Fsp3) is 0.450. The van der Waals surface area contributed by atoms with Crippen LogP contribution in [0.2, 0.25) is 0 Å². The van der Waals surface area contributed by atoms with E-state index in [0.717, 1.165) is 18.7 Å². The van der Waals surface area contributed by atoms with Gasteiger partial charge in [-0.25, -0.2) is 4.79 Å². The van der Waals surface area contributed by atoms with Gasteiger partial charge >= 0.3 is 5.97 Å². The molecule has 2 aromatic heterocycles. The summed E-state index contributed by atoms with van der Waals surface area (Å²) in [5.74, 6) is -0.549. The fourth-order valence-corrected chi connectivity index (χ4v) is 3.38. The molecular weight excluding hydrogens is 344 g/mol. The zero-order valence-electron chi connectivity index (χ0n) is 15.8. The van der Waals surface area contributed by atoms with E-state index in [1.54, 1.807) is 24.7 Å². The van der Waals surface area contributed by atoms with Crippen LogP contribution < -0.4 is 0 Å². The number of likely N-dealkylation sites (tertiary alicyclic amines) is 1. The lowest BCUT2D eigenvalue weighted by atomic mass is 9.95. The Hall–Kier alpha value is -2.83. The Bertz CT molecular complexity index is 860. The summed E-state index contributed by atoms with van der Waals surface area (Å²) in [4.78, 5) is 38.5. The van der Waals surface area contributed by atoms with Gasteiger partial charge in [0.25, 0.3) is 0 Å². The van der Waals surface area contributed by atoms with E-state index in [9.17, 15) is 14.7 Å². The summed E-state index contributed by atoms with van der Waals surface area (Å²) in [5.41, 5.74) is 1.83. The minimum absolute atomic E-state index is 0.118. The van der Waals surface area contributed by atoms with Gasteiger partial charge in [-0.1, -0.05) is 20.8 Å². The molecule has 1 aliphatic heterocycles. The highest BCUT2D eigenvalue weighted by molar-refractivity contribution is 5.88. The predicted molar refractivity (Wildman–Crippen MR) is 100 cm³/mol. The largest absolute Gasteiger partial charge is 0.478 e. The number of rotatable bonds is 4. The average Bonchev–Trinajstić information content (AvgIpc) is 3.09. The van der Waals surface area contributed by atoms with Crippen LogP contribution in [0, 0.1) is 11.3 Å². The third kappa shape index (κ3) is 4.30. The number of carbonyl (C=O) groups is 2. The first-order chi connectivity index (χ1) is 12.8. The molecule has 27 heavy (non-hydrogen) atoms. The van der Waals surface area contributed by atoms with Crippen molar-refractivity contribution in [2.45, 2.75) is 33.6 Å². The summed E-state index contributed by atoms with van der Waals surface area (Å²) in [5, 5.41) is 9.19. The Labute approximate surface area is 158 Å². The molecule has 1 unspecified atom stereocenters. The second-order valence-electron chi connectivity index (χ2n) is 7.98. The molecule has 3 heterocycles. The van der Waals surface area contributed by atoms with E-state index in [1.807, 2.05) is 25.7 Å². The van der Waals surface area contributed by atoms with Crippen molar-refractivity contribution in [3.8, 4) is 11.3 Å². The van der Waals surface area contributed by atoms with Crippen molar-refractivity contribution in [1.82, 2.24) is 19.9 Å². The first-order valence-corrected chi connectivity index (χ1v) is 9.03. The molecule has 1 amide bonds. The Morgan fingerprint density at radius 3 is 2.67 bits per heavy atom. The highest BCUT2D eigenvalue weighted by atomic mass is 16.4. The van der Waals surface area contributed by atoms with Crippen LogP contribution in [0.15, 0.2) is 30.9 Å². The van der Waals surface area contributed by atoms with Gasteiger partial charge in [0, 0.05) is 48.9 Å². The zero-order chi connectivity index (χ0) is 19.6. The third-order valence-electron chi connectivity index (χ3n) is 4.73. The Morgan fingerprint density at radius 1 is 1.22 bits per heavy atom. The lowest BCUT2D eigenvalue weighted by molar-refractivity contribution is -0.138. The van der Waals surface area contributed by atoms with Crippen molar-refractivity contribution in [3.05, 3.63) is 42.1 Å². The summed E-state index contributed by atoms with van der Waals surface area (Å²) < 4.78 is 0. The van der Waals surface area contributed by atoms with Gasteiger partial charge in [0.2, 0.25) is 5.91 Å². The maximum atomic E-state index is 12.5. The maximum Gasteiger partial charge on any atom is 0.337 e. The van der Waals surface area contributed by atoms with E-state index < -0.39 is 5.97 Å². The van der Waals surface area contributed by atoms with Crippen LogP contribution >= 0.6 is 0 Å². The first-order valence-electron chi connectivity index (χ1n) is 9.03. The van der Waals surface area contributed by atoms with E-state index in [1.165, 1.54) is 6.20 Å². The maximum absolute atomic E-state index is 12.5. The molecule has 0 aliphatic carbocycles. The van der Waals surface area contributed by atoms with E-state index >= 15 is 0 Å². The lowest BCUT2D eigenvalue weighted by Crippen LogP contribution is -2.38. The van der Waals surface area contributed by atoms with Crippen molar-refractivity contribution in [3.63, 3.8) is 0 Å². The number of carbonyl (C=O) groups excluding carboxylic acids is 1. The van der Waals surface area contributed by atoms with E-state index in [0.29, 0.717) is 30.1 Å². The van der Waals surface area contributed by atoms with Crippen molar-refractivity contribution < 1.29 is 14.7 Å². The molecule has 1 saturated heterocycles. The number of aromatic carboxylic acids is 1. The third-order valence-corrected chi connectivity index (χ3v) is 4.73. The van der Waals surface area contributed by atoms with Gasteiger partial charge in [-0.2, -0.15) is 0 Å². The van der Waals surface area contributed by atoms with Crippen LogP contribution in [0.25, 0.3) is 11.3 Å². The lowest BCUT2D eigenvalue weighted by Gasteiger charge is -2.25. The Kier molecular flexibility index (Phi) is 5.21. The van der Waals surface area contributed by atoms with Gasteiger partial charge in [-0.15, -0.1) is 0 Å². The molecular formula is C20H24N4O3. The molecule has 1 atom stereocenters. The number of hydrogen-bond donors (Lipinski definition) is 1. The molecule has 2 aromatic rings. The predicted octanol–water partition coefficient (Wildman–Crippen LogP) is 2.67. The number of nitrogens with zero attached hydrogens (tertiary/aromatic N) is 4. The van der Waals surface area contributed by atoms with Crippen LogP contribution in [0.5, 0.6) is 0 Å². The summed E-state index contributed by atoms with van der Waals surface area (Å²) >= 11 is 0. The molecule has 0 saturated carbocycles. The molecule has 0 spiro atoms. The van der Waals surface area contributed by atoms with Crippen LogP contribution in [0.1, 0.15) is 43.2 Å². The number of pyridine rings is 1. The molecule has 142 valence electrons. The van der Waals surface area contributed by atoms with Crippen LogP contribution in [0.3, 0.4) is 0 Å². The molecule has 0 aromatic carbocycles. The van der Waals surface area contributed by atoms with Gasteiger partial charge in [0.15, 0.2) is 0 Å². The zero-order valence-corrected chi connectivity index (χ0v) is 15.8. The summed E-state index contributed by atoms with van der Waals surface area (Å²) in [6.45, 7) is 7.27. The second-order valence-corrected chi connectivity index (χ2v) is 7.98. The van der Waals surface area contributed by atoms with Crippen LogP contribution in [-0.4, -0.2) is 49.9 Å². The van der Waals surface area contributed by atoms with E-state index in [2.05, 4.69) is 15.0 Å². The Balaban J connectivity index is 1.79. The highest BCUT2D eigenvalue weighted by Gasteiger charge is 2.33. The second kappa shape index (κ2) is 7.42. The number of hydrogen-bond acceptors (Lipinski definition) is 5. The molecule has 1 N–H and O–H groups in total. The molecule has 1 fully saturated rings. The first kappa shape index (κ1) is 18.9.